The zero-order valence-corrected chi connectivity index (χ0v) is 16.8. The van der Waals surface area contributed by atoms with Crippen molar-refractivity contribution in [1.82, 2.24) is 14.8 Å². The molecule has 0 aliphatic rings. The fourth-order valence-corrected chi connectivity index (χ4v) is 4.11. The molecule has 28 heavy (non-hydrogen) atoms. The summed E-state index contributed by atoms with van der Waals surface area (Å²) in [6.07, 6.45) is 0. The van der Waals surface area contributed by atoms with Gasteiger partial charge in [-0.2, -0.15) is 0 Å². The Bertz CT molecular complexity index is 1150. The maximum absolute atomic E-state index is 11.4. The van der Waals surface area contributed by atoms with E-state index in [0.717, 1.165) is 15.7 Å². The van der Waals surface area contributed by atoms with E-state index in [-0.39, 0.29) is 10.6 Å². The van der Waals surface area contributed by atoms with Gasteiger partial charge in [-0.15, -0.1) is 10.2 Å². The Balaban J connectivity index is 1.86. The first-order chi connectivity index (χ1) is 13.6. The van der Waals surface area contributed by atoms with Gasteiger partial charge >= 0.3 is 0 Å². The van der Waals surface area contributed by atoms with Crippen LogP contribution in [0.3, 0.4) is 0 Å². The van der Waals surface area contributed by atoms with Crippen LogP contribution in [-0.2, 0) is 0 Å². The SMILES string of the molecule is O=[N+]([O-])c1ccccc1Sc1nnc(-c2cccc(Br)c2)n1-c1ccccc1. The molecule has 1 aromatic heterocycles. The van der Waals surface area contributed by atoms with Crippen LogP contribution in [0.5, 0.6) is 0 Å². The summed E-state index contributed by atoms with van der Waals surface area (Å²) in [5.74, 6) is 0.661. The van der Waals surface area contributed by atoms with Gasteiger partial charge in [-0.3, -0.25) is 14.7 Å². The molecule has 0 radical (unpaired) electrons. The highest BCUT2D eigenvalue weighted by Gasteiger charge is 2.20. The van der Waals surface area contributed by atoms with Gasteiger partial charge in [0.2, 0.25) is 5.16 Å². The number of hydrogen-bond donors (Lipinski definition) is 0. The van der Waals surface area contributed by atoms with Crippen LogP contribution in [-0.4, -0.2) is 19.7 Å². The number of nitro groups is 1. The molecule has 0 atom stereocenters. The molecule has 0 saturated heterocycles. The van der Waals surface area contributed by atoms with E-state index in [1.54, 1.807) is 18.2 Å². The zero-order chi connectivity index (χ0) is 19.5. The lowest BCUT2D eigenvalue weighted by atomic mass is 10.2. The van der Waals surface area contributed by atoms with E-state index in [9.17, 15) is 10.1 Å². The molecule has 0 amide bonds. The molecule has 0 fully saturated rings. The van der Waals surface area contributed by atoms with Crippen LogP contribution < -0.4 is 0 Å². The lowest BCUT2D eigenvalue weighted by Crippen LogP contribution is -2.00. The van der Waals surface area contributed by atoms with Crippen molar-refractivity contribution < 1.29 is 4.92 Å². The van der Waals surface area contributed by atoms with Crippen LogP contribution in [0.1, 0.15) is 0 Å². The Kier molecular flexibility index (Phi) is 5.23. The third kappa shape index (κ3) is 3.69. The number of para-hydroxylation sites is 2. The smallest absolute Gasteiger partial charge is 0.270 e. The van der Waals surface area contributed by atoms with Gasteiger partial charge in [0.25, 0.3) is 5.69 Å². The van der Waals surface area contributed by atoms with Crippen LogP contribution in [0.25, 0.3) is 17.1 Å². The number of nitrogens with zero attached hydrogens (tertiary/aromatic N) is 4. The second kappa shape index (κ2) is 7.95. The Morgan fingerprint density at radius 3 is 2.43 bits per heavy atom. The zero-order valence-electron chi connectivity index (χ0n) is 14.4. The molecular weight excluding hydrogens is 440 g/mol. The molecule has 4 rings (SSSR count). The molecule has 138 valence electrons. The Morgan fingerprint density at radius 2 is 1.68 bits per heavy atom. The van der Waals surface area contributed by atoms with Crippen molar-refractivity contribution in [2.45, 2.75) is 10.1 Å². The van der Waals surface area contributed by atoms with Crippen molar-refractivity contribution >= 4 is 33.4 Å². The quantitative estimate of drug-likeness (QED) is 0.284. The van der Waals surface area contributed by atoms with Gasteiger partial charge in [0.1, 0.15) is 0 Å². The fraction of sp³-hybridized carbons (Fsp3) is 0. The molecule has 0 unspecified atom stereocenters. The van der Waals surface area contributed by atoms with Gasteiger partial charge in [-0.25, -0.2) is 0 Å². The monoisotopic (exact) mass is 452 g/mol. The molecule has 0 bridgehead atoms. The average molecular weight is 453 g/mol. The van der Waals surface area contributed by atoms with Crippen molar-refractivity contribution in [1.29, 1.82) is 0 Å². The number of rotatable bonds is 5. The minimum absolute atomic E-state index is 0.0408. The number of aromatic nitrogens is 3. The van der Waals surface area contributed by atoms with Crippen LogP contribution in [0, 0.1) is 10.1 Å². The number of benzene rings is 3. The maximum atomic E-state index is 11.4. The van der Waals surface area contributed by atoms with Gasteiger partial charge in [0.05, 0.1) is 9.82 Å². The van der Waals surface area contributed by atoms with Crippen molar-refractivity contribution in [3.05, 3.63) is 93.4 Å². The minimum Gasteiger partial charge on any atom is -0.270 e. The van der Waals surface area contributed by atoms with E-state index in [2.05, 4.69) is 26.1 Å². The Labute approximate surface area is 173 Å². The molecule has 0 saturated carbocycles. The highest BCUT2D eigenvalue weighted by molar-refractivity contribution is 9.10. The standard InChI is InChI=1S/C20H13BrN4O2S/c21-15-8-6-7-14(13-15)19-22-23-20(24(19)16-9-2-1-3-10-16)28-18-12-5-4-11-17(18)25(26)27/h1-13H. The number of hydrogen-bond acceptors (Lipinski definition) is 5. The molecule has 0 aliphatic heterocycles. The highest BCUT2D eigenvalue weighted by Crippen LogP contribution is 2.36. The molecule has 0 N–H and O–H groups in total. The van der Waals surface area contributed by atoms with E-state index in [1.807, 2.05) is 59.2 Å². The number of halogens is 1. The lowest BCUT2D eigenvalue weighted by Gasteiger charge is -2.10. The van der Waals surface area contributed by atoms with Gasteiger partial charge in [0.15, 0.2) is 5.82 Å². The summed E-state index contributed by atoms with van der Waals surface area (Å²) in [6.45, 7) is 0. The summed E-state index contributed by atoms with van der Waals surface area (Å²) in [5, 5.41) is 20.6. The predicted molar refractivity (Wildman–Crippen MR) is 112 cm³/mol. The predicted octanol–water partition coefficient (Wildman–Crippen LogP) is 5.76. The lowest BCUT2D eigenvalue weighted by molar-refractivity contribution is -0.387. The molecule has 1 heterocycles. The third-order valence-electron chi connectivity index (χ3n) is 3.99. The fourth-order valence-electron chi connectivity index (χ4n) is 2.75. The van der Waals surface area contributed by atoms with Crippen molar-refractivity contribution in [3.8, 4) is 17.1 Å². The highest BCUT2D eigenvalue weighted by atomic mass is 79.9. The summed E-state index contributed by atoms with van der Waals surface area (Å²) in [5.41, 5.74) is 1.81. The minimum atomic E-state index is -0.388. The van der Waals surface area contributed by atoms with E-state index in [0.29, 0.717) is 15.9 Å². The van der Waals surface area contributed by atoms with Crippen LogP contribution in [0.4, 0.5) is 5.69 Å². The van der Waals surface area contributed by atoms with E-state index < -0.39 is 0 Å². The van der Waals surface area contributed by atoms with Crippen molar-refractivity contribution in [2.24, 2.45) is 0 Å². The van der Waals surface area contributed by atoms with Gasteiger partial charge in [0, 0.05) is 21.8 Å². The van der Waals surface area contributed by atoms with Crippen LogP contribution in [0.2, 0.25) is 0 Å². The second-order valence-electron chi connectivity index (χ2n) is 5.81. The normalized spacial score (nSPS) is 10.8. The van der Waals surface area contributed by atoms with Crippen LogP contribution in [0.15, 0.2) is 93.4 Å². The van der Waals surface area contributed by atoms with E-state index in [1.165, 1.54) is 17.8 Å². The largest absolute Gasteiger partial charge is 0.283 e. The molecular formula is C20H13BrN4O2S. The summed E-state index contributed by atoms with van der Waals surface area (Å²) in [6, 6.07) is 24.1. The first-order valence-electron chi connectivity index (χ1n) is 8.31. The van der Waals surface area contributed by atoms with Gasteiger partial charge < -0.3 is 0 Å². The van der Waals surface area contributed by atoms with Crippen LogP contribution >= 0.6 is 27.7 Å². The first-order valence-corrected chi connectivity index (χ1v) is 9.92. The summed E-state index contributed by atoms with van der Waals surface area (Å²) < 4.78 is 2.84. The second-order valence-corrected chi connectivity index (χ2v) is 7.74. The Hall–Kier alpha value is -2.97. The average Bonchev–Trinajstić information content (AvgIpc) is 3.12. The van der Waals surface area contributed by atoms with E-state index >= 15 is 0 Å². The summed E-state index contributed by atoms with van der Waals surface area (Å²) >= 11 is 4.71. The maximum Gasteiger partial charge on any atom is 0.283 e. The van der Waals surface area contributed by atoms with Gasteiger partial charge in [-0.1, -0.05) is 58.4 Å². The molecule has 0 spiro atoms. The Morgan fingerprint density at radius 1 is 0.929 bits per heavy atom. The topological polar surface area (TPSA) is 73.8 Å². The summed E-state index contributed by atoms with van der Waals surface area (Å²) in [7, 11) is 0. The molecule has 4 aromatic rings. The van der Waals surface area contributed by atoms with Gasteiger partial charge in [-0.05, 0) is 42.1 Å². The summed E-state index contributed by atoms with van der Waals surface area (Å²) in [4.78, 5) is 11.5. The third-order valence-corrected chi connectivity index (χ3v) is 5.50. The molecule has 0 aliphatic carbocycles. The molecule has 8 heteroatoms. The number of nitro benzene ring substituents is 1. The van der Waals surface area contributed by atoms with Crippen molar-refractivity contribution in [2.75, 3.05) is 0 Å². The first kappa shape index (κ1) is 18.4. The van der Waals surface area contributed by atoms with Crippen molar-refractivity contribution in [3.63, 3.8) is 0 Å². The molecule has 3 aromatic carbocycles. The van der Waals surface area contributed by atoms with E-state index in [4.69, 9.17) is 0 Å². The molecule has 6 nitrogen and oxygen atoms in total.